The maximum atomic E-state index is 12.1. The Hall–Kier alpha value is -2.09. The Morgan fingerprint density at radius 1 is 1.46 bits per heavy atom. The molecule has 1 N–H and O–H groups in total. The van der Waals surface area contributed by atoms with E-state index in [1.165, 1.54) is 6.20 Å². The van der Waals surface area contributed by atoms with Gasteiger partial charge in [0.25, 0.3) is 0 Å². The number of amides is 1. The van der Waals surface area contributed by atoms with Crippen LogP contribution in [0.5, 0.6) is 0 Å². The minimum Gasteiger partial charge on any atom is -0.477 e. The molecule has 132 valence electrons. The molecule has 0 aromatic carbocycles. The van der Waals surface area contributed by atoms with Gasteiger partial charge in [-0.05, 0) is 38.8 Å². The van der Waals surface area contributed by atoms with E-state index in [1.54, 1.807) is 16.8 Å². The number of likely N-dealkylation sites (tertiary alicyclic amines) is 1. The first-order valence-electron chi connectivity index (χ1n) is 7.55. The minimum atomic E-state index is -1.13. The maximum Gasteiger partial charge on any atom is 0.410 e. The molecule has 8 nitrogen and oxygen atoms in total. The molecule has 24 heavy (non-hydrogen) atoms. The first kappa shape index (κ1) is 18.3. The van der Waals surface area contributed by atoms with Gasteiger partial charge in [-0.1, -0.05) is 0 Å². The zero-order valence-electron chi connectivity index (χ0n) is 14.1. The van der Waals surface area contributed by atoms with Gasteiger partial charge in [0.2, 0.25) is 5.28 Å². The molecule has 2 rings (SSSR count). The van der Waals surface area contributed by atoms with Crippen molar-refractivity contribution >= 4 is 29.5 Å². The van der Waals surface area contributed by atoms with Crippen LogP contribution in [0.15, 0.2) is 6.20 Å². The second kappa shape index (κ2) is 6.80. The van der Waals surface area contributed by atoms with E-state index in [9.17, 15) is 14.7 Å². The van der Waals surface area contributed by atoms with Gasteiger partial charge in [0.1, 0.15) is 17.0 Å². The van der Waals surface area contributed by atoms with Crippen molar-refractivity contribution in [3.05, 3.63) is 17.0 Å². The van der Waals surface area contributed by atoms with Gasteiger partial charge in [-0.15, -0.1) is 0 Å². The van der Waals surface area contributed by atoms with Gasteiger partial charge in [-0.2, -0.15) is 4.98 Å². The van der Waals surface area contributed by atoms with E-state index >= 15 is 0 Å². The average Bonchev–Trinajstić information content (AvgIpc) is 2.94. The van der Waals surface area contributed by atoms with Gasteiger partial charge in [-0.3, -0.25) is 0 Å². The molecular formula is C15H21ClN4O4. The molecule has 1 saturated heterocycles. The van der Waals surface area contributed by atoms with Gasteiger partial charge in [0.15, 0.2) is 0 Å². The van der Waals surface area contributed by atoms with Crippen LogP contribution in [0.25, 0.3) is 0 Å². The predicted molar refractivity (Wildman–Crippen MR) is 88.6 cm³/mol. The highest BCUT2D eigenvalue weighted by atomic mass is 35.5. The summed E-state index contributed by atoms with van der Waals surface area (Å²) in [5.74, 6) is -0.894. The Labute approximate surface area is 145 Å². The third-order valence-corrected chi connectivity index (χ3v) is 3.85. The van der Waals surface area contributed by atoms with Crippen molar-refractivity contribution < 1.29 is 19.4 Å². The molecule has 1 amide bonds. The van der Waals surface area contributed by atoms with E-state index in [1.807, 2.05) is 20.8 Å². The number of nitrogens with zero attached hydrogens (tertiary/aromatic N) is 4. The van der Waals surface area contributed by atoms with E-state index in [0.717, 1.165) is 0 Å². The van der Waals surface area contributed by atoms with Gasteiger partial charge in [0, 0.05) is 32.4 Å². The fourth-order valence-electron chi connectivity index (χ4n) is 2.49. The quantitative estimate of drug-likeness (QED) is 0.830. The number of hydrogen-bond acceptors (Lipinski definition) is 6. The molecule has 1 aromatic heterocycles. The maximum absolute atomic E-state index is 12.1. The number of carbonyl (C=O) groups excluding carboxylic acids is 1. The number of carboxylic acid groups (broad SMARTS) is 1. The SMILES string of the molecule is CN(c1nc(Cl)ncc1C(=O)O)C1CCN(C(=O)OC(C)(C)C)C1. The lowest BCUT2D eigenvalue weighted by molar-refractivity contribution is 0.0292. The van der Waals surface area contributed by atoms with Crippen LogP contribution in [0.4, 0.5) is 10.6 Å². The number of ether oxygens (including phenoxy) is 1. The fourth-order valence-corrected chi connectivity index (χ4v) is 2.62. The molecule has 0 aliphatic carbocycles. The molecule has 9 heteroatoms. The van der Waals surface area contributed by atoms with Crippen molar-refractivity contribution in [2.75, 3.05) is 25.0 Å². The number of hydrogen-bond donors (Lipinski definition) is 1. The summed E-state index contributed by atoms with van der Waals surface area (Å²) in [5.41, 5.74) is -0.588. The summed E-state index contributed by atoms with van der Waals surface area (Å²) in [6, 6.07) is -0.0819. The van der Waals surface area contributed by atoms with E-state index in [2.05, 4.69) is 9.97 Å². The first-order chi connectivity index (χ1) is 11.1. The Balaban J connectivity index is 2.13. The minimum absolute atomic E-state index is 0.0242. The monoisotopic (exact) mass is 356 g/mol. The van der Waals surface area contributed by atoms with E-state index in [-0.39, 0.29) is 28.8 Å². The Morgan fingerprint density at radius 2 is 2.12 bits per heavy atom. The van der Waals surface area contributed by atoms with Crippen LogP contribution in [0.3, 0.4) is 0 Å². The van der Waals surface area contributed by atoms with Crippen LogP contribution in [0.2, 0.25) is 5.28 Å². The molecule has 1 atom stereocenters. The van der Waals surface area contributed by atoms with Crippen LogP contribution in [0.1, 0.15) is 37.6 Å². The number of aromatic carboxylic acids is 1. The summed E-state index contributed by atoms with van der Waals surface area (Å²) >= 11 is 5.80. The highest BCUT2D eigenvalue weighted by Gasteiger charge is 2.33. The number of aromatic nitrogens is 2. The van der Waals surface area contributed by atoms with Crippen molar-refractivity contribution in [3.8, 4) is 0 Å². The Bertz CT molecular complexity index is 647. The largest absolute Gasteiger partial charge is 0.477 e. The number of rotatable bonds is 3. The standard InChI is InChI=1S/C15H21ClN4O4/c1-15(2,3)24-14(23)20-6-5-9(8-20)19(4)11-10(12(21)22)7-17-13(16)18-11/h7,9H,5-6,8H2,1-4H3,(H,21,22). The molecule has 0 radical (unpaired) electrons. The zero-order valence-corrected chi connectivity index (χ0v) is 14.9. The van der Waals surface area contributed by atoms with Crippen LogP contribution < -0.4 is 4.90 Å². The lowest BCUT2D eigenvalue weighted by Crippen LogP contribution is -2.39. The van der Waals surface area contributed by atoms with Crippen molar-refractivity contribution in [2.24, 2.45) is 0 Å². The Kier molecular flexibility index (Phi) is 5.17. The molecule has 0 spiro atoms. The van der Waals surface area contributed by atoms with Crippen LogP contribution in [0, 0.1) is 0 Å². The van der Waals surface area contributed by atoms with E-state index in [0.29, 0.717) is 19.5 Å². The van der Waals surface area contributed by atoms with E-state index in [4.69, 9.17) is 16.3 Å². The summed E-state index contributed by atoms with van der Waals surface area (Å²) in [4.78, 5) is 34.6. The number of halogens is 1. The van der Waals surface area contributed by atoms with Gasteiger partial charge in [-0.25, -0.2) is 14.6 Å². The second-order valence-electron chi connectivity index (χ2n) is 6.66. The van der Waals surface area contributed by atoms with Gasteiger partial charge < -0.3 is 19.6 Å². The number of carbonyl (C=O) groups is 2. The number of carboxylic acids is 1. The molecule has 1 aliphatic heterocycles. The summed E-state index contributed by atoms with van der Waals surface area (Å²) < 4.78 is 5.36. The number of anilines is 1. The molecule has 1 unspecified atom stereocenters. The third kappa shape index (κ3) is 4.25. The smallest absolute Gasteiger partial charge is 0.410 e. The topological polar surface area (TPSA) is 95.9 Å². The van der Waals surface area contributed by atoms with Gasteiger partial charge >= 0.3 is 12.1 Å². The number of likely N-dealkylation sites (N-methyl/N-ethyl adjacent to an activating group) is 1. The second-order valence-corrected chi connectivity index (χ2v) is 7.00. The molecule has 0 saturated carbocycles. The van der Waals surface area contributed by atoms with Crippen molar-refractivity contribution in [1.29, 1.82) is 0 Å². The molecule has 1 aromatic rings. The summed E-state index contributed by atoms with van der Waals surface area (Å²) in [7, 11) is 1.73. The molecular weight excluding hydrogens is 336 g/mol. The molecule has 1 fully saturated rings. The molecule has 2 heterocycles. The van der Waals surface area contributed by atoms with Crippen molar-refractivity contribution in [2.45, 2.75) is 38.8 Å². The highest BCUT2D eigenvalue weighted by Crippen LogP contribution is 2.25. The lowest BCUT2D eigenvalue weighted by atomic mass is 10.2. The summed E-state index contributed by atoms with van der Waals surface area (Å²) in [6.45, 7) is 6.39. The lowest BCUT2D eigenvalue weighted by Gasteiger charge is -2.28. The van der Waals surface area contributed by atoms with E-state index < -0.39 is 11.6 Å². The summed E-state index contributed by atoms with van der Waals surface area (Å²) in [6.07, 6.45) is 1.48. The zero-order chi connectivity index (χ0) is 18.1. The van der Waals surface area contributed by atoms with Gasteiger partial charge in [0.05, 0.1) is 0 Å². The summed E-state index contributed by atoms with van der Waals surface area (Å²) in [5, 5.41) is 9.26. The average molecular weight is 357 g/mol. The van der Waals surface area contributed by atoms with Crippen molar-refractivity contribution in [3.63, 3.8) is 0 Å². The van der Waals surface area contributed by atoms with Crippen LogP contribution in [-0.4, -0.2) is 63.8 Å². The fraction of sp³-hybridized carbons (Fsp3) is 0.600. The first-order valence-corrected chi connectivity index (χ1v) is 7.93. The molecule has 1 aliphatic rings. The van der Waals surface area contributed by atoms with Crippen LogP contribution in [-0.2, 0) is 4.74 Å². The normalized spacial score (nSPS) is 17.7. The van der Waals surface area contributed by atoms with Crippen molar-refractivity contribution in [1.82, 2.24) is 14.9 Å². The highest BCUT2D eigenvalue weighted by molar-refractivity contribution is 6.28. The van der Waals surface area contributed by atoms with Crippen LogP contribution >= 0.6 is 11.6 Å². The Morgan fingerprint density at radius 3 is 2.71 bits per heavy atom. The molecule has 0 bridgehead atoms. The third-order valence-electron chi connectivity index (χ3n) is 3.67. The predicted octanol–water partition coefficient (Wildman–Crippen LogP) is 2.27.